The predicted octanol–water partition coefficient (Wildman–Crippen LogP) is 3.41. The number of hydrogen-bond acceptors (Lipinski definition) is 4. The summed E-state index contributed by atoms with van der Waals surface area (Å²) in [5.74, 6) is -0.379. The first-order valence-electron chi connectivity index (χ1n) is 8.68. The number of carbonyl (C=O) groups excluding carboxylic acids is 1. The van der Waals surface area contributed by atoms with Crippen LogP contribution in [0.4, 0.5) is 32.2 Å². The summed E-state index contributed by atoms with van der Waals surface area (Å²) >= 11 is 1.32. The average Bonchev–Trinajstić information content (AvgIpc) is 3.03. The number of nitrogens with one attached hydrogen (secondary N) is 2. The molecule has 0 atom stereocenters. The van der Waals surface area contributed by atoms with Crippen molar-refractivity contribution in [3.8, 4) is 0 Å². The standard InChI is InChI=1S/C18H19F6N3OS/c1-11(18(22,23)24)10-12(6-7-17(19,20)21)16(28)26-9-8-25-15-13-4-2-3-5-14(13)29-27-15/h4-6,10H,2-3,7-9H2,1H3,(H,25,27)(H,26,28)/b11-10+,12-6+. The molecule has 4 nitrogen and oxygen atoms in total. The molecule has 1 aromatic rings. The van der Waals surface area contributed by atoms with Crippen LogP contribution in [0.2, 0.25) is 0 Å². The lowest BCUT2D eigenvalue weighted by atomic mass is 10.1. The van der Waals surface area contributed by atoms with Crippen LogP contribution in [0.3, 0.4) is 0 Å². The molecule has 160 valence electrons. The molecule has 29 heavy (non-hydrogen) atoms. The summed E-state index contributed by atoms with van der Waals surface area (Å²) < 4.78 is 80.6. The Morgan fingerprint density at radius 2 is 1.86 bits per heavy atom. The Bertz CT molecular complexity index is 911. The number of halogens is 6. The molecule has 2 rings (SSSR count). The number of rotatable bonds is 7. The maximum absolute atomic E-state index is 12.7. The highest BCUT2D eigenvalue weighted by molar-refractivity contribution is 7.03. The maximum atomic E-state index is 12.7. The van der Waals surface area contributed by atoms with Gasteiger partial charge >= 0.3 is 12.4 Å². The molecule has 0 spiro atoms. The smallest absolute Gasteiger partial charge is 0.367 e. The van der Waals surface area contributed by atoms with Gasteiger partial charge in [-0.05, 0) is 37.4 Å². The lowest BCUT2D eigenvalue weighted by Gasteiger charge is -2.11. The van der Waals surface area contributed by atoms with E-state index in [2.05, 4.69) is 21.1 Å². The zero-order chi connectivity index (χ0) is 21.7. The molecule has 0 unspecified atom stereocenters. The van der Waals surface area contributed by atoms with E-state index in [1.807, 2.05) is 6.08 Å². The van der Waals surface area contributed by atoms with Gasteiger partial charge in [0.25, 0.3) is 5.91 Å². The highest BCUT2D eigenvalue weighted by atomic mass is 32.1. The number of alkyl halides is 6. The second-order valence-corrected chi connectivity index (χ2v) is 7.09. The summed E-state index contributed by atoms with van der Waals surface area (Å²) in [5.41, 5.74) is -1.86. The monoisotopic (exact) mass is 439 g/mol. The van der Waals surface area contributed by atoms with E-state index in [9.17, 15) is 31.1 Å². The largest absolute Gasteiger partial charge is 0.412 e. The van der Waals surface area contributed by atoms with Crippen LogP contribution < -0.4 is 20.4 Å². The molecule has 1 heterocycles. The molecule has 0 aliphatic heterocycles. The normalized spacial score (nSPS) is 15.3. The Hall–Kier alpha value is -2.30. The van der Waals surface area contributed by atoms with Crippen molar-refractivity contribution in [2.24, 2.45) is 0 Å². The second-order valence-electron chi connectivity index (χ2n) is 6.28. The number of hydrogen-bond donors (Lipinski definition) is 2. The summed E-state index contributed by atoms with van der Waals surface area (Å²) in [6.07, 6.45) is -4.11. The number of anilines is 1. The van der Waals surface area contributed by atoms with Crippen molar-refractivity contribution in [2.45, 2.75) is 38.5 Å². The fourth-order valence-corrected chi connectivity index (χ4v) is 3.26. The molecular formula is C18H19F6N3OS. The van der Waals surface area contributed by atoms with Crippen LogP contribution in [0, 0.1) is 0 Å². The van der Waals surface area contributed by atoms with E-state index in [4.69, 9.17) is 0 Å². The molecule has 0 fully saturated rings. The summed E-state index contributed by atoms with van der Waals surface area (Å²) in [6, 6.07) is 0. The Morgan fingerprint density at radius 3 is 2.52 bits per heavy atom. The first-order chi connectivity index (χ1) is 13.5. The van der Waals surface area contributed by atoms with Gasteiger partial charge in [-0.25, -0.2) is 0 Å². The Kier molecular flexibility index (Phi) is 7.50. The summed E-state index contributed by atoms with van der Waals surface area (Å²) in [6.45, 7) is 0.899. The number of nitrogens with zero attached hydrogens (tertiary/aromatic N) is 1. The van der Waals surface area contributed by atoms with Gasteiger partial charge < -0.3 is 10.6 Å². The summed E-state index contributed by atoms with van der Waals surface area (Å²) in [4.78, 5) is 12.1. The van der Waals surface area contributed by atoms with E-state index < -0.39 is 35.8 Å². The molecule has 1 aromatic heterocycles. The first kappa shape index (κ1) is 23.0. The van der Waals surface area contributed by atoms with Crippen molar-refractivity contribution >= 4 is 35.4 Å². The molecular weight excluding hydrogens is 420 g/mol. The van der Waals surface area contributed by atoms with Gasteiger partial charge in [0.15, 0.2) is 0 Å². The van der Waals surface area contributed by atoms with Crippen molar-refractivity contribution in [3.63, 3.8) is 0 Å². The summed E-state index contributed by atoms with van der Waals surface area (Å²) in [5, 5.41) is 6.29. The van der Waals surface area contributed by atoms with Crippen LogP contribution in [-0.4, -0.2) is 35.7 Å². The van der Waals surface area contributed by atoms with Gasteiger partial charge in [0.05, 0.1) is 11.0 Å². The Morgan fingerprint density at radius 1 is 1.17 bits per heavy atom. The van der Waals surface area contributed by atoms with Gasteiger partial charge in [-0.3, -0.25) is 4.79 Å². The highest BCUT2D eigenvalue weighted by Crippen LogP contribution is 2.27. The van der Waals surface area contributed by atoms with Gasteiger partial charge in [-0.1, -0.05) is 18.2 Å². The zero-order valence-electron chi connectivity index (χ0n) is 15.4. The molecule has 0 bridgehead atoms. The number of amides is 1. The van der Waals surface area contributed by atoms with Crippen LogP contribution in [0.15, 0.2) is 23.3 Å². The van der Waals surface area contributed by atoms with Crippen molar-refractivity contribution in [1.29, 1.82) is 0 Å². The molecule has 0 saturated carbocycles. The third-order valence-electron chi connectivity index (χ3n) is 3.94. The zero-order valence-corrected chi connectivity index (χ0v) is 16.2. The molecule has 2 N–H and O–H groups in total. The molecule has 1 aliphatic carbocycles. The molecule has 0 radical (unpaired) electrons. The predicted molar refractivity (Wildman–Crippen MR) is 99.6 cm³/mol. The van der Waals surface area contributed by atoms with Crippen molar-refractivity contribution in [3.05, 3.63) is 33.0 Å². The maximum Gasteiger partial charge on any atom is 0.412 e. The van der Waals surface area contributed by atoms with Gasteiger partial charge in [0.1, 0.15) is 5.82 Å². The molecule has 1 aliphatic rings. The molecule has 1 amide bonds. The number of carbonyl (C=O) groups is 1. The Labute approximate surface area is 166 Å². The lowest BCUT2D eigenvalue weighted by Crippen LogP contribution is -2.31. The van der Waals surface area contributed by atoms with Crippen LogP contribution in [-0.2, 0) is 4.79 Å². The molecule has 11 heteroatoms. The minimum absolute atomic E-state index is 0.00287. The van der Waals surface area contributed by atoms with Gasteiger partial charge in [0, 0.05) is 29.5 Å². The van der Waals surface area contributed by atoms with Gasteiger partial charge in [-0.2, -0.15) is 30.7 Å². The first-order valence-corrected chi connectivity index (χ1v) is 9.45. The second kappa shape index (κ2) is 9.47. The van der Waals surface area contributed by atoms with E-state index in [-0.39, 0.29) is 13.1 Å². The fraction of sp³-hybridized carbons (Fsp3) is 0.444. The average molecular weight is 439 g/mol. The van der Waals surface area contributed by atoms with E-state index >= 15 is 0 Å². The molecule has 0 saturated heterocycles. The van der Waals surface area contributed by atoms with E-state index in [1.54, 1.807) is 0 Å². The van der Waals surface area contributed by atoms with E-state index in [1.165, 1.54) is 11.5 Å². The third kappa shape index (κ3) is 7.22. The van der Waals surface area contributed by atoms with Crippen LogP contribution >= 0.6 is 11.5 Å². The van der Waals surface area contributed by atoms with E-state index in [0.717, 1.165) is 22.6 Å². The van der Waals surface area contributed by atoms with Crippen molar-refractivity contribution < 1.29 is 31.1 Å². The SMILES string of the molecule is C/C(=C\C(=C/CC(F)(F)F)C(=O)NCCNc1nsc2c1=CCCC=2)C(F)(F)F. The minimum atomic E-state index is -4.74. The van der Waals surface area contributed by atoms with Crippen molar-refractivity contribution in [2.75, 3.05) is 18.4 Å². The van der Waals surface area contributed by atoms with Gasteiger partial charge in [0.2, 0.25) is 0 Å². The fourth-order valence-electron chi connectivity index (χ4n) is 2.44. The van der Waals surface area contributed by atoms with Crippen LogP contribution in [0.5, 0.6) is 0 Å². The third-order valence-corrected chi connectivity index (χ3v) is 4.80. The van der Waals surface area contributed by atoms with Crippen molar-refractivity contribution in [1.82, 2.24) is 9.69 Å². The van der Waals surface area contributed by atoms with Gasteiger partial charge in [-0.15, -0.1) is 0 Å². The topological polar surface area (TPSA) is 54.0 Å². The number of allylic oxidation sites excluding steroid dienone is 2. The quantitative estimate of drug-likeness (QED) is 0.296. The summed E-state index contributed by atoms with van der Waals surface area (Å²) in [7, 11) is 0. The minimum Gasteiger partial charge on any atom is -0.367 e. The molecule has 0 aromatic carbocycles. The van der Waals surface area contributed by atoms with E-state index in [0.29, 0.717) is 24.9 Å². The van der Waals surface area contributed by atoms with Crippen LogP contribution in [0.1, 0.15) is 26.2 Å². The number of fused-ring (bicyclic) bond motifs is 1. The Balaban J connectivity index is 1.99. The lowest BCUT2D eigenvalue weighted by molar-refractivity contribution is -0.125. The number of aromatic nitrogens is 1. The van der Waals surface area contributed by atoms with Crippen LogP contribution in [0.25, 0.3) is 12.2 Å². The highest BCUT2D eigenvalue weighted by Gasteiger charge is 2.31.